The van der Waals surface area contributed by atoms with Crippen LogP contribution < -0.4 is 0 Å². The van der Waals surface area contributed by atoms with Gasteiger partial charge in [-0.05, 0) is 19.1 Å². The number of hydrogen-bond donors (Lipinski definition) is 0. The fourth-order valence-corrected chi connectivity index (χ4v) is 1.19. The highest BCUT2D eigenvalue weighted by Gasteiger charge is 2.11. The lowest BCUT2D eigenvalue weighted by Crippen LogP contribution is -2.10. The fourth-order valence-electron chi connectivity index (χ4n) is 1.19. The Balaban J connectivity index is 3.18. The van der Waals surface area contributed by atoms with Gasteiger partial charge in [0.25, 0.3) is 0 Å². The highest BCUT2D eigenvalue weighted by atomic mass is 19.1. The van der Waals surface area contributed by atoms with Crippen LogP contribution in [-0.2, 0) is 0 Å². The molecule has 0 saturated heterocycles. The van der Waals surface area contributed by atoms with E-state index in [9.17, 15) is 8.78 Å². The molecule has 2 nitrogen and oxygen atoms in total. The van der Waals surface area contributed by atoms with E-state index in [2.05, 4.69) is 5.10 Å². The number of hydrogen-bond acceptors (Lipinski definition) is 2. The third-order valence-electron chi connectivity index (χ3n) is 1.67. The van der Waals surface area contributed by atoms with Gasteiger partial charge in [-0.1, -0.05) is 6.07 Å². The molecule has 0 aliphatic heterocycles. The minimum absolute atomic E-state index is 0.0683. The molecule has 0 amide bonds. The van der Waals surface area contributed by atoms with E-state index in [-0.39, 0.29) is 5.56 Å². The summed E-state index contributed by atoms with van der Waals surface area (Å²) in [6.07, 6.45) is 0. The van der Waals surface area contributed by atoms with E-state index in [1.54, 1.807) is 21.0 Å². The topological polar surface area (TPSA) is 15.6 Å². The Kier molecular flexibility index (Phi) is 3.17. The predicted molar refractivity (Wildman–Crippen MR) is 52.3 cm³/mol. The van der Waals surface area contributed by atoms with Crippen LogP contribution in [0.1, 0.15) is 12.5 Å². The first kappa shape index (κ1) is 10.6. The van der Waals surface area contributed by atoms with Gasteiger partial charge in [-0.3, -0.25) is 0 Å². The summed E-state index contributed by atoms with van der Waals surface area (Å²) in [5.41, 5.74) is 0.256. The van der Waals surface area contributed by atoms with Crippen molar-refractivity contribution < 1.29 is 8.78 Å². The first-order valence-corrected chi connectivity index (χ1v) is 4.19. The second-order valence-corrected chi connectivity index (χ2v) is 3.13. The second-order valence-electron chi connectivity index (χ2n) is 3.13. The van der Waals surface area contributed by atoms with Crippen LogP contribution >= 0.6 is 0 Å². The third-order valence-corrected chi connectivity index (χ3v) is 1.67. The summed E-state index contributed by atoms with van der Waals surface area (Å²) in [6, 6.07) is 3.76. The van der Waals surface area contributed by atoms with E-state index < -0.39 is 11.6 Å². The van der Waals surface area contributed by atoms with E-state index in [4.69, 9.17) is 0 Å². The van der Waals surface area contributed by atoms with Crippen LogP contribution in [0.3, 0.4) is 0 Å². The van der Waals surface area contributed by atoms with Gasteiger partial charge in [-0.15, -0.1) is 0 Å². The largest absolute Gasteiger partial charge is 0.303 e. The fraction of sp³-hybridized carbons (Fsp3) is 0.300. The molecular weight excluding hydrogens is 186 g/mol. The van der Waals surface area contributed by atoms with E-state index in [0.717, 1.165) is 0 Å². The van der Waals surface area contributed by atoms with Crippen LogP contribution in [0.15, 0.2) is 23.3 Å². The van der Waals surface area contributed by atoms with Gasteiger partial charge in [0.2, 0.25) is 0 Å². The average Bonchev–Trinajstić information content (AvgIpc) is 2.01. The van der Waals surface area contributed by atoms with Gasteiger partial charge in [0, 0.05) is 14.1 Å². The predicted octanol–water partition coefficient (Wildman–Crippen LogP) is 2.25. The Morgan fingerprint density at radius 1 is 1.21 bits per heavy atom. The molecule has 0 radical (unpaired) electrons. The Morgan fingerprint density at radius 3 is 2.14 bits per heavy atom. The Bertz CT molecular complexity index is 339. The molecule has 0 bridgehead atoms. The van der Waals surface area contributed by atoms with Crippen LogP contribution in [-0.4, -0.2) is 24.8 Å². The summed E-state index contributed by atoms with van der Waals surface area (Å²) >= 11 is 0. The van der Waals surface area contributed by atoms with Gasteiger partial charge in [-0.25, -0.2) is 8.78 Å². The molecule has 0 saturated carbocycles. The number of nitrogens with zero attached hydrogens (tertiary/aromatic N) is 2. The van der Waals surface area contributed by atoms with Crippen LogP contribution in [0.4, 0.5) is 8.78 Å². The van der Waals surface area contributed by atoms with Crippen molar-refractivity contribution >= 4 is 5.71 Å². The van der Waals surface area contributed by atoms with Crippen LogP contribution in [0.25, 0.3) is 0 Å². The van der Waals surface area contributed by atoms with Crippen molar-refractivity contribution in [3.05, 3.63) is 35.4 Å². The maximum absolute atomic E-state index is 13.2. The molecule has 76 valence electrons. The molecule has 0 fully saturated rings. The maximum Gasteiger partial charge on any atom is 0.135 e. The smallest absolute Gasteiger partial charge is 0.135 e. The molecule has 0 heterocycles. The second kappa shape index (κ2) is 4.17. The average molecular weight is 198 g/mol. The van der Waals surface area contributed by atoms with Gasteiger partial charge < -0.3 is 5.01 Å². The summed E-state index contributed by atoms with van der Waals surface area (Å²) < 4.78 is 26.4. The van der Waals surface area contributed by atoms with Gasteiger partial charge in [-0.2, -0.15) is 5.10 Å². The molecule has 0 unspecified atom stereocenters. The highest BCUT2D eigenvalue weighted by molar-refractivity contribution is 5.98. The molecule has 14 heavy (non-hydrogen) atoms. The molecule has 0 N–H and O–H groups in total. The Hall–Kier alpha value is -1.45. The summed E-state index contributed by atoms with van der Waals surface area (Å²) in [6.45, 7) is 1.57. The van der Waals surface area contributed by atoms with Gasteiger partial charge in [0.05, 0.1) is 11.3 Å². The zero-order valence-electron chi connectivity index (χ0n) is 8.38. The van der Waals surface area contributed by atoms with E-state index in [1.807, 2.05) is 0 Å². The van der Waals surface area contributed by atoms with Crippen molar-refractivity contribution in [2.45, 2.75) is 6.92 Å². The monoisotopic (exact) mass is 198 g/mol. The summed E-state index contributed by atoms with van der Waals surface area (Å²) in [4.78, 5) is 0. The van der Waals surface area contributed by atoms with Gasteiger partial charge in [0.1, 0.15) is 11.6 Å². The zero-order chi connectivity index (χ0) is 10.7. The van der Waals surface area contributed by atoms with Crippen molar-refractivity contribution in [1.82, 2.24) is 5.01 Å². The van der Waals surface area contributed by atoms with Crippen molar-refractivity contribution in [2.24, 2.45) is 5.10 Å². The number of halogens is 2. The number of rotatable bonds is 2. The Morgan fingerprint density at radius 2 is 1.71 bits per heavy atom. The molecule has 0 aliphatic carbocycles. The minimum Gasteiger partial charge on any atom is -0.303 e. The molecule has 1 rings (SSSR count). The van der Waals surface area contributed by atoms with Crippen molar-refractivity contribution in [3.63, 3.8) is 0 Å². The van der Waals surface area contributed by atoms with Crippen molar-refractivity contribution in [1.29, 1.82) is 0 Å². The summed E-state index contributed by atoms with van der Waals surface area (Å²) in [7, 11) is 3.39. The molecule has 1 aromatic rings. The SMILES string of the molecule is C/C(=N/N(C)C)c1c(F)cccc1F. The first-order valence-electron chi connectivity index (χ1n) is 4.19. The zero-order valence-corrected chi connectivity index (χ0v) is 8.38. The normalized spacial score (nSPS) is 11.6. The summed E-state index contributed by atoms with van der Waals surface area (Å²) in [5, 5.41) is 5.44. The van der Waals surface area contributed by atoms with E-state index in [0.29, 0.717) is 5.71 Å². The Labute approximate surface area is 81.8 Å². The molecule has 0 atom stereocenters. The molecule has 0 aromatic heterocycles. The van der Waals surface area contributed by atoms with Crippen LogP contribution in [0, 0.1) is 11.6 Å². The first-order chi connectivity index (χ1) is 6.52. The number of benzene rings is 1. The number of hydrazone groups is 1. The molecule has 4 heteroatoms. The van der Waals surface area contributed by atoms with Gasteiger partial charge in [0.15, 0.2) is 0 Å². The van der Waals surface area contributed by atoms with Crippen molar-refractivity contribution in [2.75, 3.05) is 14.1 Å². The van der Waals surface area contributed by atoms with Gasteiger partial charge >= 0.3 is 0 Å². The maximum atomic E-state index is 13.2. The molecule has 0 spiro atoms. The van der Waals surface area contributed by atoms with Crippen LogP contribution in [0.5, 0.6) is 0 Å². The molecule has 0 aliphatic rings. The highest BCUT2D eigenvalue weighted by Crippen LogP contribution is 2.13. The minimum atomic E-state index is -0.590. The quantitative estimate of drug-likeness (QED) is 0.525. The van der Waals surface area contributed by atoms with Crippen LogP contribution in [0.2, 0.25) is 0 Å². The molecule has 1 aromatic carbocycles. The van der Waals surface area contributed by atoms with E-state index in [1.165, 1.54) is 23.2 Å². The van der Waals surface area contributed by atoms with E-state index >= 15 is 0 Å². The third kappa shape index (κ3) is 2.28. The lowest BCUT2D eigenvalue weighted by molar-refractivity contribution is 0.437. The molecular formula is C10H12F2N2. The standard InChI is InChI=1S/C10H12F2N2/c1-7(13-14(2)3)10-8(11)5-4-6-9(10)12/h4-6H,1-3H3/b13-7-. The lowest BCUT2D eigenvalue weighted by Gasteiger charge is -2.08. The van der Waals surface area contributed by atoms with Crippen molar-refractivity contribution in [3.8, 4) is 0 Å². The summed E-state index contributed by atoms with van der Waals surface area (Å²) in [5.74, 6) is -1.18. The lowest BCUT2D eigenvalue weighted by atomic mass is 10.1.